The molecule has 0 atom stereocenters. The molecule has 0 unspecified atom stereocenters. The molecule has 1 aliphatic heterocycles. The molecule has 9 heteroatoms. The van der Waals surface area contributed by atoms with Gasteiger partial charge in [0.1, 0.15) is 11.5 Å². The van der Waals surface area contributed by atoms with Gasteiger partial charge < -0.3 is 20.9 Å². The van der Waals surface area contributed by atoms with Gasteiger partial charge in [0.25, 0.3) is 5.56 Å². The zero-order valence-electron chi connectivity index (χ0n) is 19.3. The van der Waals surface area contributed by atoms with Gasteiger partial charge in [-0.25, -0.2) is 4.79 Å². The molecule has 0 aliphatic carbocycles. The van der Waals surface area contributed by atoms with Gasteiger partial charge in [-0.15, -0.1) is 0 Å². The zero-order chi connectivity index (χ0) is 24.1. The van der Waals surface area contributed by atoms with Crippen LogP contribution < -0.4 is 32.1 Å². The molecule has 1 aromatic heterocycles. The van der Waals surface area contributed by atoms with Gasteiger partial charge in [0.2, 0.25) is 5.91 Å². The first-order valence-corrected chi connectivity index (χ1v) is 11.4. The van der Waals surface area contributed by atoms with E-state index in [0.29, 0.717) is 5.69 Å². The maximum atomic E-state index is 12.7. The number of anilines is 4. The number of rotatable bonds is 7. The zero-order valence-corrected chi connectivity index (χ0v) is 19.3. The number of aromatic amines is 1. The van der Waals surface area contributed by atoms with Crippen molar-refractivity contribution in [2.24, 2.45) is 0 Å². The van der Waals surface area contributed by atoms with Crippen molar-refractivity contribution in [2.45, 2.75) is 25.8 Å². The monoisotopic (exact) mass is 462 g/mol. The molecule has 3 aromatic rings. The molecule has 1 amide bonds. The van der Waals surface area contributed by atoms with Crippen LogP contribution >= 0.6 is 0 Å². The summed E-state index contributed by atoms with van der Waals surface area (Å²) in [6, 6.07) is 17.1. The van der Waals surface area contributed by atoms with Gasteiger partial charge in [-0.2, -0.15) is 0 Å². The average Bonchev–Trinajstić information content (AvgIpc) is 2.83. The van der Waals surface area contributed by atoms with E-state index in [-0.39, 0.29) is 30.5 Å². The quantitative estimate of drug-likeness (QED) is 0.496. The van der Waals surface area contributed by atoms with E-state index in [9.17, 15) is 14.4 Å². The number of nitrogens with one attached hydrogen (secondary N) is 2. The van der Waals surface area contributed by atoms with E-state index in [1.807, 2.05) is 54.6 Å². The Labute approximate surface area is 197 Å². The lowest BCUT2D eigenvalue weighted by Crippen LogP contribution is -2.39. The van der Waals surface area contributed by atoms with Crippen molar-refractivity contribution < 1.29 is 4.79 Å². The molecule has 2 heterocycles. The predicted octanol–water partition coefficient (Wildman–Crippen LogP) is 2.23. The lowest BCUT2D eigenvalue weighted by Gasteiger charge is -2.28. The van der Waals surface area contributed by atoms with Gasteiger partial charge in [0.15, 0.2) is 0 Å². The van der Waals surface area contributed by atoms with Crippen LogP contribution in [0.4, 0.5) is 22.9 Å². The predicted molar refractivity (Wildman–Crippen MR) is 136 cm³/mol. The first kappa shape index (κ1) is 23.2. The summed E-state index contributed by atoms with van der Waals surface area (Å²) in [6.07, 6.45) is 3.67. The molecule has 4 N–H and O–H groups in total. The highest BCUT2D eigenvalue weighted by molar-refractivity contribution is 5.94. The number of hydrogen-bond donors (Lipinski definition) is 3. The molecule has 34 heavy (non-hydrogen) atoms. The van der Waals surface area contributed by atoms with Gasteiger partial charge in [0.05, 0.1) is 13.1 Å². The second-order valence-corrected chi connectivity index (χ2v) is 8.56. The molecule has 0 saturated carbocycles. The van der Waals surface area contributed by atoms with Crippen molar-refractivity contribution in [1.29, 1.82) is 0 Å². The normalized spacial score (nSPS) is 13.5. The lowest BCUT2D eigenvalue weighted by atomic mass is 10.1. The van der Waals surface area contributed by atoms with Gasteiger partial charge in [0, 0.05) is 31.5 Å². The largest absolute Gasteiger partial charge is 0.383 e. The number of carbonyl (C=O) groups is 1. The number of amides is 1. The molecule has 2 aromatic carbocycles. The summed E-state index contributed by atoms with van der Waals surface area (Å²) in [5.74, 6) is -0.286. The van der Waals surface area contributed by atoms with E-state index in [1.165, 1.54) is 28.7 Å². The molecule has 1 aliphatic rings. The van der Waals surface area contributed by atoms with Gasteiger partial charge in [-0.05, 0) is 49.1 Å². The molecule has 9 nitrogen and oxygen atoms in total. The van der Waals surface area contributed by atoms with Crippen molar-refractivity contribution in [1.82, 2.24) is 9.55 Å². The minimum atomic E-state index is -0.631. The Morgan fingerprint density at radius 2 is 1.71 bits per heavy atom. The Kier molecular flexibility index (Phi) is 7.01. The Morgan fingerprint density at radius 1 is 1.03 bits per heavy atom. The molecular formula is C25H30N6O3. The number of H-pyrrole nitrogens is 1. The van der Waals surface area contributed by atoms with Crippen molar-refractivity contribution >= 4 is 28.8 Å². The smallest absolute Gasteiger partial charge is 0.330 e. The van der Waals surface area contributed by atoms with E-state index >= 15 is 0 Å². The number of nitrogens with two attached hydrogens (primary N) is 1. The minimum absolute atomic E-state index is 0.0128. The van der Waals surface area contributed by atoms with Crippen LogP contribution in [-0.4, -0.2) is 42.1 Å². The number of hydrogen-bond acceptors (Lipinski definition) is 6. The van der Waals surface area contributed by atoms with Gasteiger partial charge in [-0.3, -0.25) is 19.1 Å². The van der Waals surface area contributed by atoms with Gasteiger partial charge in [-0.1, -0.05) is 30.3 Å². The number of likely N-dealkylation sites (N-methyl/N-ethyl adjacent to an activating group) is 1. The van der Waals surface area contributed by atoms with Crippen LogP contribution in [0.2, 0.25) is 0 Å². The van der Waals surface area contributed by atoms with E-state index in [1.54, 1.807) is 7.05 Å². The third-order valence-corrected chi connectivity index (χ3v) is 6.03. The summed E-state index contributed by atoms with van der Waals surface area (Å²) in [5.41, 5.74) is 7.75. The summed E-state index contributed by atoms with van der Waals surface area (Å²) >= 11 is 0. The third-order valence-electron chi connectivity index (χ3n) is 6.03. The Balaban J connectivity index is 1.45. The van der Waals surface area contributed by atoms with Crippen molar-refractivity contribution in [3.8, 4) is 0 Å². The lowest BCUT2D eigenvalue weighted by molar-refractivity contribution is -0.114. The van der Waals surface area contributed by atoms with Crippen LogP contribution in [0.1, 0.15) is 24.8 Å². The number of nitrogens with zero attached hydrogens (tertiary/aromatic N) is 3. The molecule has 1 fully saturated rings. The maximum absolute atomic E-state index is 12.7. The summed E-state index contributed by atoms with van der Waals surface area (Å²) in [7, 11) is 1.59. The van der Waals surface area contributed by atoms with E-state index < -0.39 is 11.2 Å². The minimum Gasteiger partial charge on any atom is -0.383 e. The summed E-state index contributed by atoms with van der Waals surface area (Å²) in [4.78, 5) is 43.6. The first-order chi connectivity index (χ1) is 16.4. The first-order valence-electron chi connectivity index (χ1n) is 11.4. The second kappa shape index (κ2) is 10.3. The Morgan fingerprint density at radius 3 is 2.38 bits per heavy atom. The van der Waals surface area contributed by atoms with Crippen molar-refractivity contribution in [3.05, 3.63) is 81.0 Å². The van der Waals surface area contributed by atoms with Crippen LogP contribution in [-0.2, 0) is 11.3 Å². The van der Waals surface area contributed by atoms with Crippen molar-refractivity contribution in [3.63, 3.8) is 0 Å². The fourth-order valence-corrected chi connectivity index (χ4v) is 4.27. The van der Waals surface area contributed by atoms with Crippen LogP contribution in [0.15, 0.2) is 64.2 Å². The van der Waals surface area contributed by atoms with Gasteiger partial charge >= 0.3 is 5.69 Å². The van der Waals surface area contributed by atoms with E-state index in [2.05, 4.69) is 15.2 Å². The highest BCUT2D eigenvalue weighted by atomic mass is 16.2. The van der Waals surface area contributed by atoms with E-state index in [0.717, 1.165) is 24.3 Å². The highest BCUT2D eigenvalue weighted by Crippen LogP contribution is 2.22. The molecular weight excluding hydrogens is 432 g/mol. The number of nitrogen functional groups attached to an aromatic ring is 1. The number of aromatic nitrogens is 2. The molecule has 4 rings (SSSR count). The maximum Gasteiger partial charge on any atom is 0.330 e. The van der Waals surface area contributed by atoms with Crippen LogP contribution in [0.3, 0.4) is 0 Å². The molecule has 0 spiro atoms. The Bertz CT molecular complexity index is 1240. The number of piperidine rings is 1. The molecule has 178 valence electrons. The standard InChI is InChI=1S/C25H30N6O3/c1-29(17-21(32)27-19-10-12-20(13-11-19)30-14-6-3-7-15-30)22-23(26)31(25(34)28-24(22)33)16-18-8-4-2-5-9-18/h2,4-5,8-13H,3,6-7,14-17,26H2,1H3,(H,27,32)(H,28,33,34). The number of carbonyl (C=O) groups excluding carboxylic acids is 1. The van der Waals surface area contributed by atoms with Crippen LogP contribution in [0.5, 0.6) is 0 Å². The third kappa shape index (κ3) is 5.31. The fraction of sp³-hybridized carbons (Fsp3) is 0.320. The SMILES string of the molecule is CN(CC(=O)Nc1ccc(N2CCCCC2)cc1)c1c(N)n(Cc2ccccc2)c(=O)[nH]c1=O. The average molecular weight is 463 g/mol. The highest BCUT2D eigenvalue weighted by Gasteiger charge is 2.19. The topological polar surface area (TPSA) is 116 Å². The summed E-state index contributed by atoms with van der Waals surface area (Å²) in [6.45, 7) is 2.21. The summed E-state index contributed by atoms with van der Waals surface area (Å²) in [5, 5.41) is 2.86. The van der Waals surface area contributed by atoms with Crippen LogP contribution in [0.25, 0.3) is 0 Å². The molecule has 1 saturated heterocycles. The van der Waals surface area contributed by atoms with Crippen LogP contribution in [0, 0.1) is 0 Å². The number of benzene rings is 2. The fourth-order valence-electron chi connectivity index (χ4n) is 4.27. The summed E-state index contributed by atoms with van der Waals surface area (Å²) < 4.78 is 1.29. The van der Waals surface area contributed by atoms with Crippen molar-refractivity contribution in [2.75, 3.05) is 47.5 Å². The second-order valence-electron chi connectivity index (χ2n) is 8.56. The molecule has 0 radical (unpaired) electrons. The van der Waals surface area contributed by atoms with E-state index in [4.69, 9.17) is 5.73 Å². The Hall–Kier alpha value is -4.01. The molecule has 0 bridgehead atoms.